The van der Waals surface area contributed by atoms with Gasteiger partial charge in [-0.3, -0.25) is 0 Å². The molecule has 0 radical (unpaired) electrons. The first-order valence-electron chi connectivity index (χ1n) is 41.4. The third-order valence-corrected chi connectivity index (χ3v) is 29.4. The van der Waals surface area contributed by atoms with Gasteiger partial charge in [0.2, 0.25) is 0 Å². The molecule has 0 aliphatic rings. The molecule has 0 aliphatic heterocycles. The monoisotopic (exact) mass is 1590 g/mol. The lowest BCUT2D eigenvalue weighted by atomic mass is 9.99. The van der Waals surface area contributed by atoms with Crippen LogP contribution in [0.5, 0.6) is 0 Å². The average Bonchev–Trinajstić information content (AvgIpc) is 1.60. The topological polar surface area (TPSA) is 24.1 Å². The number of para-hydroxylation sites is 4. The highest BCUT2D eigenvalue weighted by molar-refractivity contribution is 7.20. The van der Waals surface area contributed by atoms with Crippen LogP contribution in [0.3, 0.4) is 0 Å². The van der Waals surface area contributed by atoms with Crippen LogP contribution in [0.15, 0.2) is 467 Å². The highest BCUT2D eigenvalue weighted by Gasteiger charge is 2.42. The molecule has 0 aliphatic carbocycles. The minimum absolute atomic E-state index is 0. The lowest BCUT2D eigenvalue weighted by Crippen LogP contribution is -2.74. The predicted octanol–water partition coefficient (Wildman–Crippen LogP) is 29.0. The van der Waals surface area contributed by atoms with Crippen molar-refractivity contribution in [3.63, 3.8) is 0 Å². The molecule has 0 atom stereocenters. The van der Waals surface area contributed by atoms with Crippen LogP contribution in [0, 0.1) is 6.57 Å². The van der Waals surface area contributed by atoms with Crippen LogP contribution in [-0.2, 0) is 0 Å². The van der Waals surface area contributed by atoms with Crippen molar-refractivity contribution in [1.82, 2.24) is 18.3 Å². The van der Waals surface area contributed by atoms with E-state index in [2.05, 4.69) is 472 Å². The minimum Gasteiger partial charge on any atom is -0.311 e. The van der Waals surface area contributed by atoms with E-state index in [1.165, 1.54) is 164 Å². The van der Waals surface area contributed by atoms with E-state index in [9.17, 15) is 0 Å². The fourth-order valence-electron chi connectivity index (χ4n) is 19.0. The second-order valence-electron chi connectivity index (χ2n) is 31.4. The first-order chi connectivity index (χ1) is 59.9. The van der Waals surface area contributed by atoms with E-state index in [1.807, 2.05) is 18.2 Å². The number of rotatable bonds is 14. The van der Waals surface area contributed by atoms with Crippen molar-refractivity contribution in [3.8, 4) is 89.5 Å². The molecule has 0 fully saturated rings. The minimum atomic E-state index is -2.77. The zero-order valence-corrected chi connectivity index (χ0v) is 67.2. The number of fused-ring (bicyclic) bond motifs is 12. The second kappa shape index (κ2) is 32.1. The molecule has 0 N–H and O–H groups in total. The first-order valence-corrected chi connectivity index (χ1v) is 43.4. The van der Waals surface area contributed by atoms with Gasteiger partial charge in [-0.05, 0) is 221 Å². The van der Waals surface area contributed by atoms with Crippen LogP contribution in [0.2, 0.25) is 0 Å². The smallest absolute Gasteiger partial charge is 0.189 e. The molecular weight excluding hydrogens is 1500 g/mol. The summed E-state index contributed by atoms with van der Waals surface area (Å²) in [6.07, 6.45) is 0. The van der Waals surface area contributed by atoms with Gasteiger partial charge in [0.05, 0.1) is 50.7 Å². The third kappa shape index (κ3) is 13.3. The van der Waals surface area contributed by atoms with Gasteiger partial charge in [-0.25, -0.2) is 4.85 Å². The Hall–Kier alpha value is -15.9. The Morgan fingerprint density at radius 1 is 0.163 bits per heavy atom. The lowest BCUT2D eigenvalue weighted by molar-refractivity contribution is 1.18. The Labute approximate surface area is 717 Å². The maximum Gasteiger partial charge on any atom is 0.189 e. The molecule has 0 unspecified atom stereocenters. The molecule has 4 aromatic heterocycles. The van der Waals surface area contributed by atoms with Gasteiger partial charge in [-0.1, -0.05) is 349 Å². The van der Waals surface area contributed by atoms with Gasteiger partial charge in [0.25, 0.3) is 0 Å². The number of nitrogens with zero attached hydrogens (tertiary/aromatic N) is 5. The van der Waals surface area contributed by atoms with Crippen molar-refractivity contribution in [1.29, 1.82) is 0 Å². The summed E-state index contributed by atoms with van der Waals surface area (Å²) in [6, 6.07) is 170. The Bertz CT molecular complexity index is 7820. The standard InChI is InChI=1S/C66H46N2Si.C49H31N3.2CH4/c1-6-19-47(20-7-1)49-21-18-22-50(43-49)48-33-37-54(38-34-48)67-63-32-17-16-31-59(63)61-44-51(35-41-64(61)67)52-36-42-65-62(45-52)60-40-39-58(46-66(60)68(65)53-23-8-2-9-24-53)69(55-25-10-3-11-26-55,56-27-12-4-13-28-56)57-29-14-5-15-30-57;1-50-39-15-10-16-41(32-39)52-47-20-8-6-18-43(47)45-31-38(24-28-49(45)52)37-23-27-48-44(30-37)42-17-5-7-19-46(42)51(48)40-25-21-34(22-26-40)36-14-9-13-35(29-36)33-11-3-2-4-12-33;;/h1-46H;2-32H;2*1H4. The van der Waals surface area contributed by atoms with Crippen molar-refractivity contribution in [3.05, 3.63) is 479 Å². The fourth-order valence-corrected chi connectivity index (χ4v) is 23.7. The third-order valence-electron chi connectivity index (χ3n) is 24.6. The SMILES string of the molecule is C.C.[C-]#[N+]c1cccc(-n2c3ccccc3c3cc(-c4ccc5c(c4)c4ccccc4n5-c4ccc(-c5cccc(-c6ccccc6)c5)cc4)ccc32)c1.c1ccc(-c2cccc(-c3ccc(-n4c5ccccc5c5cc(-c6ccc7c(c6)c6ccc([Si](c8ccccc8)(c8ccccc8)c8ccccc8)cc6n7-c6ccccc6)ccc54)cc3)c2)cc1. The summed E-state index contributed by atoms with van der Waals surface area (Å²) in [5.41, 5.74) is 28.9. The molecule has 5 nitrogen and oxygen atoms in total. The van der Waals surface area contributed by atoms with Crippen molar-refractivity contribution >= 4 is 122 Å². The summed E-state index contributed by atoms with van der Waals surface area (Å²) in [4.78, 5) is 3.69. The molecule has 23 aromatic rings. The van der Waals surface area contributed by atoms with Gasteiger partial charge >= 0.3 is 0 Å². The van der Waals surface area contributed by atoms with Crippen molar-refractivity contribution in [2.24, 2.45) is 0 Å². The van der Waals surface area contributed by atoms with E-state index in [0.717, 1.165) is 33.8 Å². The van der Waals surface area contributed by atoms with E-state index >= 15 is 0 Å². The molecule has 0 spiro atoms. The molecular formula is C117H85N5Si. The Balaban J connectivity index is 0.000000160. The van der Waals surface area contributed by atoms with Crippen LogP contribution in [0.25, 0.3) is 182 Å². The number of hydrogen-bond acceptors (Lipinski definition) is 0. The Morgan fingerprint density at radius 2 is 0.423 bits per heavy atom. The van der Waals surface area contributed by atoms with E-state index in [-0.39, 0.29) is 14.9 Å². The van der Waals surface area contributed by atoms with Crippen LogP contribution in [0.4, 0.5) is 5.69 Å². The summed E-state index contributed by atoms with van der Waals surface area (Å²) in [5, 5.41) is 15.3. The quantitative estimate of drug-likeness (QED) is 0.0589. The van der Waals surface area contributed by atoms with Crippen LogP contribution < -0.4 is 20.7 Å². The summed E-state index contributed by atoms with van der Waals surface area (Å²) in [5.74, 6) is 0. The Kier molecular flexibility index (Phi) is 19.8. The summed E-state index contributed by atoms with van der Waals surface area (Å²) in [6.45, 7) is 7.56. The molecule has 0 saturated heterocycles. The van der Waals surface area contributed by atoms with Crippen molar-refractivity contribution in [2.75, 3.05) is 0 Å². The van der Waals surface area contributed by atoms with E-state index in [4.69, 9.17) is 6.57 Å². The molecule has 23 rings (SSSR count). The number of aromatic nitrogens is 4. The van der Waals surface area contributed by atoms with Gasteiger partial charge in [-0.15, -0.1) is 0 Å². The van der Waals surface area contributed by atoms with Crippen molar-refractivity contribution < 1.29 is 0 Å². The molecule has 4 heterocycles. The van der Waals surface area contributed by atoms with Gasteiger partial charge in [-0.2, -0.15) is 0 Å². The van der Waals surface area contributed by atoms with Crippen molar-refractivity contribution in [2.45, 2.75) is 14.9 Å². The predicted molar refractivity (Wildman–Crippen MR) is 526 cm³/mol. The van der Waals surface area contributed by atoms with E-state index in [0.29, 0.717) is 5.69 Å². The molecule has 6 heteroatoms. The van der Waals surface area contributed by atoms with Crippen LogP contribution in [0.1, 0.15) is 14.9 Å². The summed E-state index contributed by atoms with van der Waals surface area (Å²) in [7, 11) is -2.77. The number of benzene rings is 19. The fraction of sp³-hybridized carbons (Fsp3) is 0.0171. The molecule has 582 valence electrons. The molecule has 0 bridgehead atoms. The molecule has 123 heavy (non-hydrogen) atoms. The maximum absolute atomic E-state index is 7.56. The average molecular weight is 1590 g/mol. The van der Waals surface area contributed by atoms with Gasteiger partial charge < -0.3 is 18.3 Å². The maximum atomic E-state index is 7.56. The normalized spacial score (nSPS) is 11.4. The zero-order chi connectivity index (χ0) is 80.3. The van der Waals surface area contributed by atoms with Crippen LogP contribution >= 0.6 is 0 Å². The largest absolute Gasteiger partial charge is 0.311 e. The van der Waals surface area contributed by atoms with Crippen LogP contribution in [-0.4, -0.2) is 26.3 Å². The van der Waals surface area contributed by atoms with Gasteiger partial charge in [0.15, 0.2) is 13.8 Å². The summed E-state index contributed by atoms with van der Waals surface area (Å²) >= 11 is 0. The molecule has 0 amide bonds. The Morgan fingerprint density at radius 3 is 0.797 bits per heavy atom. The highest BCUT2D eigenvalue weighted by atomic mass is 28.3. The second-order valence-corrected chi connectivity index (χ2v) is 35.2. The summed E-state index contributed by atoms with van der Waals surface area (Å²) < 4.78 is 9.54. The van der Waals surface area contributed by atoms with Gasteiger partial charge in [0.1, 0.15) is 0 Å². The van der Waals surface area contributed by atoms with Gasteiger partial charge in [0, 0.05) is 65.8 Å². The zero-order valence-electron chi connectivity index (χ0n) is 66.2. The van der Waals surface area contributed by atoms with E-state index in [1.54, 1.807) is 0 Å². The van der Waals surface area contributed by atoms with E-state index < -0.39 is 8.07 Å². The number of hydrogen-bond donors (Lipinski definition) is 0. The molecule has 0 saturated carbocycles. The lowest BCUT2D eigenvalue weighted by Gasteiger charge is -2.34. The molecule has 19 aromatic carbocycles. The first kappa shape index (κ1) is 75.8. The highest BCUT2D eigenvalue weighted by Crippen LogP contribution is 2.43.